The molecule has 168 valence electrons. The quantitative estimate of drug-likeness (QED) is 0.197. The predicted octanol–water partition coefficient (Wildman–Crippen LogP) is 6.44. The standard InChI is InChI=1S/C27H19IN2O4/c1-16(25(31)29-19-14-12-18(28)13-15-19)33-27(32)21-9-5-7-17-6-4-8-20(24(17)21)26-30-22-10-2-3-11-23(22)34-26/h2-16H,1H3,(H,29,31). The number of hydrogen-bond donors (Lipinski definition) is 1. The van der Waals surface area contributed by atoms with E-state index in [9.17, 15) is 9.59 Å². The maximum Gasteiger partial charge on any atom is 0.339 e. The largest absolute Gasteiger partial charge is 0.449 e. The maximum absolute atomic E-state index is 13.2. The number of halogens is 1. The lowest BCUT2D eigenvalue weighted by Crippen LogP contribution is -2.30. The molecule has 4 aromatic carbocycles. The van der Waals surface area contributed by atoms with Crippen LogP contribution in [0.4, 0.5) is 5.69 Å². The summed E-state index contributed by atoms with van der Waals surface area (Å²) in [5, 5.41) is 4.27. The van der Waals surface area contributed by atoms with Crippen molar-refractivity contribution in [2.75, 3.05) is 5.32 Å². The molecule has 1 N–H and O–H groups in total. The second-order valence-corrected chi connectivity index (χ2v) is 8.99. The van der Waals surface area contributed by atoms with Gasteiger partial charge in [-0.05, 0) is 83.4 Å². The minimum absolute atomic E-state index is 0.337. The van der Waals surface area contributed by atoms with Gasteiger partial charge in [-0.3, -0.25) is 4.79 Å². The molecular formula is C27H19IN2O4. The van der Waals surface area contributed by atoms with E-state index in [0.29, 0.717) is 33.7 Å². The van der Waals surface area contributed by atoms with Crippen molar-refractivity contribution in [1.82, 2.24) is 4.98 Å². The van der Waals surface area contributed by atoms with Gasteiger partial charge in [0, 0.05) is 20.2 Å². The molecule has 0 saturated heterocycles. The number of nitrogens with zero attached hydrogens (tertiary/aromatic N) is 1. The first-order valence-corrected chi connectivity index (χ1v) is 11.7. The number of anilines is 1. The first kappa shape index (κ1) is 22.1. The number of hydrogen-bond acceptors (Lipinski definition) is 5. The second-order valence-electron chi connectivity index (χ2n) is 7.74. The molecule has 1 atom stereocenters. The van der Waals surface area contributed by atoms with Gasteiger partial charge in [0.1, 0.15) is 5.52 Å². The zero-order valence-corrected chi connectivity index (χ0v) is 20.3. The molecule has 1 aromatic heterocycles. The lowest BCUT2D eigenvalue weighted by atomic mass is 9.99. The summed E-state index contributed by atoms with van der Waals surface area (Å²) in [5.74, 6) is -0.593. The van der Waals surface area contributed by atoms with Gasteiger partial charge in [-0.2, -0.15) is 0 Å². The van der Waals surface area contributed by atoms with E-state index in [2.05, 4.69) is 32.9 Å². The molecule has 34 heavy (non-hydrogen) atoms. The SMILES string of the molecule is CC(OC(=O)c1cccc2cccc(-c3nc4ccccc4o3)c12)C(=O)Nc1ccc(I)cc1. The number of rotatable bonds is 5. The average molecular weight is 562 g/mol. The molecule has 5 rings (SSSR count). The summed E-state index contributed by atoms with van der Waals surface area (Å²) in [5.41, 5.74) is 3.05. The number of carbonyl (C=O) groups is 2. The van der Waals surface area contributed by atoms with Crippen molar-refractivity contribution in [2.24, 2.45) is 0 Å². The first-order valence-electron chi connectivity index (χ1n) is 10.6. The molecule has 0 aliphatic heterocycles. The monoisotopic (exact) mass is 562 g/mol. The zero-order valence-electron chi connectivity index (χ0n) is 18.1. The van der Waals surface area contributed by atoms with Crippen LogP contribution in [0.3, 0.4) is 0 Å². The number of ether oxygens (including phenoxy) is 1. The first-order chi connectivity index (χ1) is 16.5. The lowest BCUT2D eigenvalue weighted by molar-refractivity contribution is -0.123. The minimum Gasteiger partial charge on any atom is -0.449 e. The topological polar surface area (TPSA) is 81.4 Å². The molecule has 0 radical (unpaired) electrons. The highest BCUT2D eigenvalue weighted by molar-refractivity contribution is 14.1. The van der Waals surface area contributed by atoms with Gasteiger partial charge in [-0.15, -0.1) is 0 Å². The van der Waals surface area contributed by atoms with E-state index in [1.54, 1.807) is 31.2 Å². The van der Waals surface area contributed by atoms with Crippen LogP contribution in [0.5, 0.6) is 0 Å². The van der Waals surface area contributed by atoms with Gasteiger partial charge in [0.05, 0.1) is 5.56 Å². The van der Waals surface area contributed by atoms with Crippen LogP contribution in [0, 0.1) is 3.57 Å². The van der Waals surface area contributed by atoms with E-state index in [1.807, 2.05) is 60.7 Å². The van der Waals surface area contributed by atoms with Crippen molar-refractivity contribution < 1.29 is 18.7 Å². The van der Waals surface area contributed by atoms with Crippen LogP contribution in [0.1, 0.15) is 17.3 Å². The van der Waals surface area contributed by atoms with Crippen molar-refractivity contribution in [1.29, 1.82) is 0 Å². The number of fused-ring (bicyclic) bond motifs is 2. The third kappa shape index (κ3) is 4.38. The van der Waals surface area contributed by atoms with E-state index in [4.69, 9.17) is 9.15 Å². The van der Waals surface area contributed by atoms with Crippen LogP contribution in [-0.2, 0) is 9.53 Å². The van der Waals surface area contributed by atoms with Crippen molar-refractivity contribution in [3.63, 3.8) is 0 Å². The Morgan fingerprint density at radius 1 is 0.941 bits per heavy atom. The molecule has 5 aromatic rings. The minimum atomic E-state index is -0.987. The Hall–Kier alpha value is -3.72. The maximum atomic E-state index is 13.2. The second kappa shape index (κ2) is 9.26. The summed E-state index contributed by atoms with van der Waals surface area (Å²) >= 11 is 2.19. The number of para-hydroxylation sites is 2. The molecule has 1 unspecified atom stereocenters. The highest BCUT2D eigenvalue weighted by Gasteiger charge is 2.23. The van der Waals surface area contributed by atoms with Crippen LogP contribution in [0.15, 0.2) is 89.3 Å². The van der Waals surface area contributed by atoms with Crippen molar-refractivity contribution in [2.45, 2.75) is 13.0 Å². The highest BCUT2D eigenvalue weighted by Crippen LogP contribution is 2.33. The van der Waals surface area contributed by atoms with Crippen LogP contribution in [-0.4, -0.2) is 23.0 Å². The third-order valence-electron chi connectivity index (χ3n) is 5.41. The molecule has 0 aliphatic rings. The number of esters is 1. The van der Waals surface area contributed by atoms with Gasteiger partial charge >= 0.3 is 5.97 Å². The molecule has 0 spiro atoms. The van der Waals surface area contributed by atoms with Gasteiger partial charge in [0.15, 0.2) is 11.7 Å². The number of carbonyl (C=O) groups excluding carboxylic acids is 2. The summed E-state index contributed by atoms with van der Waals surface area (Å²) in [6.07, 6.45) is -0.987. The summed E-state index contributed by atoms with van der Waals surface area (Å²) in [7, 11) is 0. The Morgan fingerprint density at radius 3 is 2.44 bits per heavy atom. The molecule has 0 fully saturated rings. The van der Waals surface area contributed by atoms with Gasteiger partial charge < -0.3 is 14.5 Å². The fourth-order valence-corrected chi connectivity index (χ4v) is 4.09. The Kier molecular flexibility index (Phi) is 6.02. The lowest BCUT2D eigenvalue weighted by Gasteiger charge is -2.15. The normalized spacial score (nSPS) is 11.9. The Bertz CT molecular complexity index is 1490. The van der Waals surface area contributed by atoms with E-state index >= 15 is 0 Å². The van der Waals surface area contributed by atoms with Crippen molar-refractivity contribution >= 4 is 62.0 Å². The Morgan fingerprint density at radius 2 is 1.68 bits per heavy atom. The van der Waals surface area contributed by atoms with Crippen LogP contribution in [0.25, 0.3) is 33.3 Å². The number of aromatic nitrogens is 1. The average Bonchev–Trinajstić information content (AvgIpc) is 3.28. The Balaban J connectivity index is 1.45. The summed E-state index contributed by atoms with van der Waals surface area (Å²) in [6.45, 7) is 1.55. The van der Waals surface area contributed by atoms with Crippen molar-refractivity contribution in [3.05, 3.63) is 94.1 Å². The zero-order chi connectivity index (χ0) is 23.7. The van der Waals surface area contributed by atoms with E-state index in [0.717, 1.165) is 14.5 Å². The van der Waals surface area contributed by atoms with Crippen LogP contribution < -0.4 is 5.32 Å². The molecular weight excluding hydrogens is 543 g/mol. The molecule has 7 heteroatoms. The van der Waals surface area contributed by atoms with Gasteiger partial charge in [-0.1, -0.05) is 36.4 Å². The summed E-state index contributed by atoms with van der Waals surface area (Å²) in [6, 6.07) is 25.9. The molecule has 1 heterocycles. The van der Waals surface area contributed by atoms with E-state index < -0.39 is 18.0 Å². The molecule has 1 amide bonds. The van der Waals surface area contributed by atoms with E-state index in [-0.39, 0.29) is 0 Å². The van der Waals surface area contributed by atoms with Crippen LogP contribution >= 0.6 is 22.6 Å². The number of amides is 1. The number of benzene rings is 4. The molecule has 0 aliphatic carbocycles. The molecule has 0 bridgehead atoms. The van der Waals surface area contributed by atoms with Gasteiger partial charge in [0.2, 0.25) is 5.89 Å². The fourth-order valence-electron chi connectivity index (χ4n) is 3.73. The third-order valence-corrected chi connectivity index (χ3v) is 6.13. The summed E-state index contributed by atoms with van der Waals surface area (Å²) in [4.78, 5) is 30.4. The van der Waals surface area contributed by atoms with Gasteiger partial charge in [-0.25, -0.2) is 9.78 Å². The van der Waals surface area contributed by atoms with Crippen molar-refractivity contribution in [3.8, 4) is 11.5 Å². The van der Waals surface area contributed by atoms with E-state index in [1.165, 1.54) is 0 Å². The van der Waals surface area contributed by atoms with Crippen LogP contribution in [0.2, 0.25) is 0 Å². The predicted molar refractivity (Wildman–Crippen MR) is 140 cm³/mol. The summed E-state index contributed by atoms with van der Waals surface area (Å²) < 4.78 is 12.6. The molecule has 0 saturated carbocycles. The highest BCUT2D eigenvalue weighted by atomic mass is 127. The number of nitrogens with one attached hydrogen (secondary N) is 1. The molecule has 6 nitrogen and oxygen atoms in total. The fraction of sp³-hybridized carbons (Fsp3) is 0.0741. The Labute approximate surface area is 209 Å². The smallest absolute Gasteiger partial charge is 0.339 e. The van der Waals surface area contributed by atoms with Gasteiger partial charge in [0.25, 0.3) is 5.91 Å². The number of oxazole rings is 1.